The Balaban J connectivity index is 1.39. The van der Waals surface area contributed by atoms with E-state index in [0.717, 1.165) is 16.8 Å². The second-order valence-electron chi connectivity index (χ2n) is 6.51. The van der Waals surface area contributed by atoms with Crippen LogP contribution < -0.4 is 4.74 Å². The van der Waals surface area contributed by atoms with E-state index in [4.69, 9.17) is 9.47 Å². The van der Waals surface area contributed by atoms with Crippen molar-refractivity contribution < 1.29 is 18.7 Å². The fourth-order valence-corrected chi connectivity index (χ4v) is 3.24. The van der Waals surface area contributed by atoms with Gasteiger partial charge in [0.2, 0.25) is 0 Å². The Labute approximate surface area is 155 Å². The van der Waals surface area contributed by atoms with E-state index in [2.05, 4.69) is 9.97 Å². The van der Waals surface area contributed by atoms with Gasteiger partial charge in [0.05, 0.1) is 31.2 Å². The number of nitrogens with zero attached hydrogens (tertiary/aromatic N) is 2. The van der Waals surface area contributed by atoms with Gasteiger partial charge in [0, 0.05) is 11.6 Å². The van der Waals surface area contributed by atoms with Gasteiger partial charge in [-0.25, -0.2) is 9.37 Å². The highest BCUT2D eigenvalue weighted by atomic mass is 19.1. The summed E-state index contributed by atoms with van der Waals surface area (Å²) in [7, 11) is 1.60. The van der Waals surface area contributed by atoms with Crippen molar-refractivity contribution in [2.45, 2.75) is 18.9 Å². The van der Waals surface area contributed by atoms with Crippen molar-refractivity contribution in [1.29, 1.82) is 0 Å². The average molecular weight is 369 g/mol. The van der Waals surface area contributed by atoms with E-state index in [-0.39, 0.29) is 25.6 Å². The van der Waals surface area contributed by atoms with Crippen LogP contribution in [0.15, 0.2) is 48.5 Å². The number of alkyl halides is 1. The molecule has 2 atom stereocenters. The number of imidazole rings is 1. The van der Waals surface area contributed by atoms with Crippen LogP contribution in [0.5, 0.6) is 5.75 Å². The van der Waals surface area contributed by atoms with Gasteiger partial charge in [-0.2, -0.15) is 0 Å². The van der Waals surface area contributed by atoms with Gasteiger partial charge in [-0.1, -0.05) is 18.2 Å². The molecule has 0 saturated carbocycles. The van der Waals surface area contributed by atoms with E-state index in [1.807, 2.05) is 24.3 Å². The third kappa shape index (κ3) is 3.64. The number of benzene rings is 2. The number of carbonyl (C=O) groups excluding carboxylic acids is 1. The third-order valence-electron chi connectivity index (χ3n) is 4.68. The quantitative estimate of drug-likeness (QED) is 0.751. The van der Waals surface area contributed by atoms with Crippen molar-refractivity contribution in [1.82, 2.24) is 14.9 Å². The molecule has 0 radical (unpaired) electrons. The highest BCUT2D eigenvalue weighted by Gasteiger charge is 2.36. The molecule has 0 bridgehead atoms. The molecule has 0 aliphatic carbocycles. The maximum absolute atomic E-state index is 14.4. The van der Waals surface area contributed by atoms with Gasteiger partial charge in [-0.05, 0) is 24.3 Å². The number of likely N-dealkylation sites (tertiary alicyclic amines) is 1. The summed E-state index contributed by atoms with van der Waals surface area (Å²) >= 11 is 0. The molecule has 1 fully saturated rings. The van der Waals surface area contributed by atoms with Gasteiger partial charge in [0.25, 0.3) is 5.91 Å². The normalized spacial score (nSPS) is 19.6. The summed E-state index contributed by atoms with van der Waals surface area (Å²) in [5.41, 5.74) is 2.17. The predicted molar refractivity (Wildman–Crippen MR) is 98.5 cm³/mol. The Morgan fingerprint density at radius 1 is 1.26 bits per heavy atom. The lowest BCUT2D eigenvalue weighted by molar-refractivity contribution is 0.00887. The number of amides is 1. The molecular formula is C20H20FN3O3. The van der Waals surface area contributed by atoms with Crippen LogP contribution in [-0.2, 0) is 11.3 Å². The molecule has 1 aliphatic heterocycles. The first kappa shape index (κ1) is 17.5. The number of aromatic nitrogens is 2. The number of halogens is 1. The summed E-state index contributed by atoms with van der Waals surface area (Å²) in [6.45, 7) is 0.411. The van der Waals surface area contributed by atoms with Crippen LogP contribution >= 0.6 is 0 Å². The van der Waals surface area contributed by atoms with Crippen LogP contribution in [0.25, 0.3) is 11.0 Å². The molecule has 1 N–H and O–H groups in total. The van der Waals surface area contributed by atoms with Gasteiger partial charge < -0.3 is 19.4 Å². The van der Waals surface area contributed by atoms with E-state index < -0.39 is 12.3 Å². The summed E-state index contributed by atoms with van der Waals surface area (Å²) < 4.78 is 25.3. The van der Waals surface area contributed by atoms with Gasteiger partial charge >= 0.3 is 0 Å². The number of hydrogen-bond donors (Lipinski definition) is 1. The minimum Gasteiger partial charge on any atom is -0.497 e. The summed E-state index contributed by atoms with van der Waals surface area (Å²) in [6.07, 6.45) is -1.89. The number of rotatable bonds is 5. The minimum atomic E-state index is -1.22. The number of carbonyl (C=O) groups is 1. The number of ether oxygens (including phenoxy) is 2. The summed E-state index contributed by atoms with van der Waals surface area (Å²) in [5.74, 6) is 1.16. The highest BCUT2D eigenvalue weighted by molar-refractivity contribution is 5.94. The molecular weight excluding hydrogens is 349 g/mol. The van der Waals surface area contributed by atoms with Gasteiger partial charge in [0.15, 0.2) is 0 Å². The lowest BCUT2D eigenvalue weighted by atomic mass is 10.2. The van der Waals surface area contributed by atoms with Crippen molar-refractivity contribution in [3.8, 4) is 5.75 Å². The topological polar surface area (TPSA) is 67.5 Å². The first-order valence-electron chi connectivity index (χ1n) is 8.76. The second kappa shape index (κ2) is 7.36. The summed E-state index contributed by atoms with van der Waals surface area (Å²) in [5, 5.41) is 0. The molecule has 1 aromatic heterocycles. The molecule has 2 heterocycles. The Bertz CT molecular complexity index is 944. The molecule has 27 heavy (non-hydrogen) atoms. The SMILES string of the molecule is COc1ccc2nc(CO[C@H]3CN(C(=O)c4ccccc4)C[C@H]3F)[nH]c2c1. The molecule has 140 valence electrons. The van der Waals surface area contributed by atoms with E-state index in [1.54, 1.807) is 31.4 Å². The Kier molecular flexibility index (Phi) is 4.77. The van der Waals surface area contributed by atoms with Crippen molar-refractivity contribution in [2.24, 2.45) is 0 Å². The molecule has 3 aromatic rings. The molecule has 1 aliphatic rings. The summed E-state index contributed by atoms with van der Waals surface area (Å²) in [6, 6.07) is 14.4. The summed E-state index contributed by atoms with van der Waals surface area (Å²) in [4.78, 5) is 21.5. The molecule has 1 saturated heterocycles. The Morgan fingerprint density at radius 2 is 2.07 bits per heavy atom. The van der Waals surface area contributed by atoms with Crippen LogP contribution in [0.4, 0.5) is 4.39 Å². The monoisotopic (exact) mass is 369 g/mol. The molecule has 0 unspecified atom stereocenters. The number of fused-ring (bicyclic) bond motifs is 1. The number of methoxy groups -OCH3 is 1. The van der Waals surface area contributed by atoms with Crippen molar-refractivity contribution in [2.75, 3.05) is 20.2 Å². The van der Waals surface area contributed by atoms with Crippen LogP contribution in [0, 0.1) is 0 Å². The fourth-order valence-electron chi connectivity index (χ4n) is 3.24. The first-order valence-corrected chi connectivity index (χ1v) is 8.76. The predicted octanol–water partition coefficient (Wildman–Crippen LogP) is 2.95. The molecule has 2 aromatic carbocycles. The molecule has 0 spiro atoms. The van der Waals surface area contributed by atoms with E-state index >= 15 is 0 Å². The lowest BCUT2D eigenvalue weighted by Crippen LogP contribution is -2.30. The Hall–Kier alpha value is -2.93. The van der Waals surface area contributed by atoms with Gasteiger partial charge in [0.1, 0.15) is 30.5 Å². The maximum Gasteiger partial charge on any atom is 0.254 e. The zero-order chi connectivity index (χ0) is 18.8. The van der Waals surface area contributed by atoms with E-state index in [1.165, 1.54) is 4.90 Å². The largest absolute Gasteiger partial charge is 0.497 e. The molecule has 1 amide bonds. The maximum atomic E-state index is 14.4. The number of nitrogens with one attached hydrogen (secondary N) is 1. The standard InChI is InChI=1S/C20H20FN3O3/c1-26-14-7-8-16-17(9-14)23-19(22-16)12-27-18-11-24(10-15(18)21)20(25)13-5-3-2-4-6-13/h2-9,15,18H,10-12H2,1H3,(H,22,23)/t15-,18+/m1/s1. The zero-order valence-corrected chi connectivity index (χ0v) is 14.9. The van der Waals surface area contributed by atoms with Crippen molar-refractivity contribution in [3.63, 3.8) is 0 Å². The number of H-pyrrole nitrogens is 1. The first-order chi connectivity index (χ1) is 13.1. The number of aromatic amines is 1. The van der Waals surface area contributed by atoms with Gasteiger partial charge in [-0.3, -0.25) is 4.79 Å². The average Bonchev–Trinajstić information content (AvgIpc) is 3.28. The Morgan fingerprint density at radius 3 is 2.85 bits per heavy atom. The van der Waals surface area contributed by atoms with Crippen LogP contribution in [0.3, 0.4) is 0 Å². The molecule has 4 rings (SSSR count). The fraction of sp³-hybridized carbons (Fsp3) is 0.300. The van der Waals surface area contributed by atoms with E-state index in [0.29, 0.717) is 11.4 Å². The van der Waals surface area contributed by atoms with Gasteiger partial charge in [-0.15, -0.1) is 0 Å². The third-order valence-corrected chi connectivity index (χ3v) is 4.68. The van der Waals surface area contributed by atoms with Crippen LogP contribution in [-0.4, -0.2) is 53.2 Å². The smallest absolute Gasteiger partial charge is 0.254 e. The lowest BCUT2D eigenvalue weighted by Gasteiger charge is -2.16. The van der Waals surface area contributed by atoms with Crippen LogP contribution in [0.1, 0.15) is 16.2 Å². The van der Waals surface area contributed by atoms with Crippen LogP contribution in [0.2, 0.25) is 0 Å². The minimum absolute atomic E-state index is 0.0374. The highest BCUT2D eigenvalue weighted by Crippen LogP contribution is 2.22. The van der Waals surface area contributed by atoms with Crippen molar-refractivity contribution in [3.05, 3.63) is 59.9 Å². The number of hydrogen-bond acceptors (Lipinski definition) is 4. The zero-order valence-electron chi connectivity index (χ0n) is 14.9. The molecule has 7 heteroatoms. The van der Waals surface area contributed by atoms with Crippen molar-refractivity contribution >= 4 is 16.9 Å². The second-order valence-corrected chi connectivity index (χ2v) is 6.51. The molecule has 6 nitrogen and oxygen atoms in total. The van der Waals surface area contributed by atoms with E-state index in [9.17, 15) is 9.18 Å².